The van der Waals surface area contributed by atoms with E-state index in [1.54, 1.807) is 36.4 Å². The number of aryl methyl sites for hydroxylation is 1. The lowest BCUT2D eigenvalue weighted by atomic mass is 9.96. The molecule has 1 unspecified atom stereocenters. The highest BCUT2D eigenvalue weighted by molar-refractivity contribution is 7.22. The predicted octanol–water partition coefficient (Wildman–Crippen LogP) is 5.28. The number of aromatic nitrogens is 2. The van der Waals surface area contributed by atoms with Gasteiger partial charge in [-0.05, 0) is 54.4 Å². The molecule has 32 heavy (non-hydrogen) atoms. The second-order valence-electron chi connectivity index (χ2n) is 7.42. The van der Waals surface area contributed by atoms with Gasteiger partial charge in [-0.2, -0.15) is 0 Å². The minimum atomic E-state index is -0.845. The van der Waals surface area contributed by atoms with Gasteiger partial charge in [-0.25, -0.2) is 4.98 Å². The first-order chi connectivity index (χ1) is 15.4. The molecule has 1 amide bonds. The summed E-state index contributed by atoms with van der Waals surface area (Å²) >= 11 is 7.39. The Labute approximate surface area is 192 Å². The molecule has 6 nitrogen and oxygen atoms in total. The lowest BCUT2D eigenvalue weighted by Gasteiger charge is -2.23. The van der Waals surface area contributed by atoms with Gasteiger partial charge in [0.15, 0.2) is 5.13 Å². The third-order valence-electron chi connectivity index (χ3n) is 5.32. The normalized spacial score (nSPS) is 17.9. The van der Waals surface area contributed by atoms with Crippen LogP contribution in [-0.2, 0) is 9.59 Å². The third-order valence-corrected chi connectivity index (χ3v) is 6.59. The van der Waals surface area contributed by atoms with Gasteiger partial charge in [0.25, 0.3) is 5.78 Å². The van der Waals surface area contributed by atoms with Crippen LogP contribution >= 0.6 is 22.9 Å². The smallest absolute Gasteiger partial charge is 0.301 e. The number of halogens is 1. The average molecular weight is 462 g/mol. The molecule has 4 aromatic rings. The molecular formula is C24H16ClN3O3S. The van der Waals surface area contributed by atoms with Crippen molar-refractivity contribution in [2.45, 2.75) is 13.0 Å². The van der Waals surface area contributed by atoms with Crippen LogP contribution in [0.5, 0.6) is 0 Å². The molecule has 2 aromatic heterocycles. The fraction of sp³-hybridized carbons (Fsp3) is 0.0833. The Morgan fingerprint density at radius 3 is 2.50 bits per heavy atom. The third kappa shape index (κ3) is 3.36. The van der Waals surface area contributed by atoms with E-state index in [2.05, 4.69) is 9.97 Å². The van der Waals surface area contributed by atoms with E-state index < -0.39 is 17.7 Å². The number of pyridine rings is 1. The standard InChI is InChI=1S/C24H16ClN3O3S/c1-13-2-7-17-18(12-13)32-24(27-17)28-20(14-3-5-16(25)6-4-14)19(22(30)23(28)31)21(29)15-8-10-26-11-9-15/h2-12,20,29H,1H3. The van der Waals surface area contributed by atoms with Crippen LogP contribution in [0.25, 0.3) is 16.0 Å². The molecule has 1 aliphatic rings. The van der Waals surface area contributed by atoms with E-state index in [4.69, 9.17) is 11.6 Å². The second kappa shape index (κ2) is 7.85. The van der Waals surface area contributed by atoms with Gasteiger partial charge in [-0.3, -0.25) is 19.5 Å². The Morgan fingerprint density at radius 2 is 1.78 bits per heavy atom. The van der Waals surface area contributed by atoms with E-state index >= 15 is 0 Å². The zero-order chi connectivity index (χ0) is 22.4. The van der Waals surface area contributed by atoms with Gasteiger partial charge in [-0.15, -0.1) is 0 Å². The molecule has 0 bridgehead atoms. The fourth-order valence-electron chi connectivity index (χ4n) is 3.78. The van der Waals surface area contributed by atoms with Crippen molar-refractivity contribution in [2.75, 3.05) is 4.90 Å². The van der Waals surface area contributed by atoms with Gasteiger partial charge in [0, 0.05) is 23.0 Å². The van der Waals surface area contributed by atoms with Crippen LogP contribution in [0.3, 0.4) is 0 Å². The second-order valence-corrected chi connectivity index (χ2v) is 8.87. The van der Waals surface area contributed by atoms with Crippen molar-refractivity contribution in [3.05, 3.63) is 94.3 Å². The quantitative estimate of drug-likeness (QED) is 0.255. The van der Waals surface area contributed by atoms with Gasteiger partial charge in [0.2, 0.25) is 0 Å². The zero-order valence-electron chi connectivity index (χ0n) is 16.8. The van der Waals surface area contributed by atoms with Crippen LogP contribution in [0.2, 0.25) is 5.02 Å². The number of hydrogen-bond donors (Lipinski definition) is 1. The van der Waals surface area contributed by atoms with Gasteiger partial charge < -0.3 is 5.11 Å². The zero-order valence-corrected chi connectivity index (χ0v) is 18.4. The van der Waals surface area contributed by atoms with Crippen LogP contribution in [-0.4, -0.2) is 26.8 Å². The molecule has 0 saturated carbocycles. The monoisotopic (exact) mass is 461 g/mol. The molecule has 1 atom stereocenters. The van der Waals surface area contributed by atoms with Crippen molar-refractivity contribution in [1.29, 1.82) is 0 Å². The van der Waals surface area contributed by atoms with E-state index in [0.29, 0.717) is 21.3 Å². The van der Waals surface area contributed by atoms with E-state index in [0.717, 1.165) is 15.8 Å². The Morgan fingerprint density at radius 1 is 1.06 bits per heavy atom. The number of amides is 1. The number of anilines is 1. The molecule has 0 spiro atoms. The number of rotatable bonds is 3. The summed E-state index contributed by atoms with van der Waals surface area (Å²) in [6, 6.07) is 15.0. The molecule has 158 valence electrons. The Balaban J connectivity index is 1.73. The molecule has 2 aromatic carbocycles. The predicted molar refractivity (Wildman–Crippen MR) is 125 cm³/mol. The summed E-state index contributed by atoms with van der Waals surface area (Å²) in [7, 11) is 0. The maximum absolute atomic E-state index is 13.2. The summed E-state index contributed by atoms with van der Waals surface area (Å²) in [5, 5.41) is 12.0. The Bertz CT molecular complexity index is 1400. The van der Waals surface area contributed by atoms with Crippen LogP contribution in [0, 0.1) is 6.92 Å². The molecule has 0 aliphatic carbocycles. The highest BCUT2D eigenvalue weighted by atomic mass is 35.5. The van der Waals surface area contributed by atoms with E-state index in [9.17, 15) is 14.7 Å². The summed E-state index contributed by atoms with van der Waals surface area (Å²) < 4.78 is 0.908. The number of carbonyl (C=O) groups is 2. The van der Waals surface area contributed by atoms with Crippen LogP contribution in [0.15, 0.2) is 72.6 Å². The molecule has 5 rings (SSSR count). The number of nitrogens with zero attached hydrogens (tertiary/aromatic N) is 3. The summed E-state index contributed by atoms with van der Waals surface area (Å²) in [5.41, 5.74) is 2.85. The summed E-state index contributed by atoms with van der Waals surface area (Å²) in [6.45, 7) is 1.98. The van der Waals surface area contributed by atoms with Gasteiger partial charge in [0.1, 0.15) is 5.76 Å². The number of benzene rings is 2. The van der Waals surface area contributed by atoms with E-state index in [1.165, 1.54) is 28.6 Å². The number of hydrogen-bond acceptors (Lipinski definition) is 6. The molecule has 1 fully saturated rings. The number of ketones is 1. The molecule has 0 radical (unpaired) electrons. The van der Waals surface area contributed by atoms with Crippen molar-refractivity contribution < 1.29 is 14.7 Å². The molecule has 8 heteroatoms. The number of fused-ring (bicyclic) bond motifs is 1. The van der Waals surface area contributed by atoms with E-state index in [-0.39, 0.29) is 11.3 Å². The Kier molecular flexibility index (Phi) is 5.00. The lowest BCUT2D eigenvalue weighted by Crippen LogP contribution is -2.29. The number of Topliss-reactive ketones (excluding diaryl/α,β-unsaturated/α-hetero) is 1. The first-order valence-electron chi connectivity index (χ1n) is 9.78. The van der Waals surface area contributed by atoms with Crippen molar-refractivity contribution in [1.82, 2.24) is 9.97 Å². The maximum atomic E-state index is 13.2. The summed E-state index contributed by atoms with van der Waals surface area (Å²) in [6.07, 6.45) is 3.02. The minimum Gasteiger partial charge on any atom is -0.507 e. The Hall–Kier alpha value is -3.55. The molecule has 1 saturated heterocycles. The molecule has 1 N–H and O–H groups in total. The van der Waals surface area contributed by atoms with Crippen molar-refractivity contribution in [3.63, 3.8) is 0 Å². The average Bonchev–Trinajstić information content (AvgIpc) is 3.32. The fourth-order valence-corrected chi connectivity index (χ4v) is 4.99. The van der Waals surface area contributed by atoms with Crippen LogP contribution in [0.4, 0.5) is 5.13 Å². The number of aliphatic hydroxyl groups is 1. The molecular weight excluding hydrogens is 446 g/mol. The minimum absolute atomic E-state index is 0.000964. The summed E-state index contributed by atoms with van der Waals surface area (Å²) in [5.74, 6) is -1.77. The number of aliphatic hydroxyl groups excluding tert-OH is 1. The van der Waals surface area contributed by atoms with Gasteiger partial charge in [0.05, 0.1) is 21.8 Å². The summed E-state index contributed by atoms with van der Waals surface area (Å²) in [4.78, 5) is 36.3. The highest BCUT2D eigenvalue weighted by Crippen LogP contribution is 2.44. The van der Waals surface area contributed by atoms with Gasteiger partial charge >= 0.3 is 5.91 Å². The number of thiazole rings is 1. The largest absolute Gasteiger partial charge is 0.507 e. The first-order valence-corrected chi connectivity index (χ1v) is 11.0. The van der Waals surface area contributed by atoms with Crippen LogP contribution in [0.1, 0.15) is 22.7 Å². The van der Waals surface area contributed by atoms with Crippen molar-refractivity contribution in [3.8, 4) is 0 Å². The lowest BCUT2D eigenvalue weighted by molar-refractivity contribution is -0.132. The van der Waals surface area contributed by atoms with E-state index in [1.807, 2.05) is 25.1 Å². The topological polar surface area (TPSA) is 83.4 Å². The first kappa shape index (κ1) is 20.4. The number of carbonyl (C=O) groups excluding carboxylic acids is 2. The maximum Gasteiger partial charge on any atom is 0.301 e. The SMILES string of the molecule is Cc1ccc2nc(N3C(=O)C(=O)C(=C(O)c4ccncc4)C3c3ccc(Cl)cc3)sc2c1. The van der Waals surface area contributed by atoms with Gasteiger partial charge in [-0.1, -0.05) is 41.1 Å². The highest BCUT2D eigenvalue weighted by Gasteiger charge is 2.48. The van der Waals surface area contributed by atoms with Crippen LogP contribution < -0.4 is 4.90 Å². The van der Waals surface area contributed by atoms with Crippen molar-refractivity contribution >= 4 is 55.7 Å². The molecule has 3 heterocycles. The van der Waals surface area contributed by atoms with Crippen molar-refractivity contribution in [2.24, 2.45) is 0 Å². The molecule has 1 aliphatic heterocycles.